The van der Waals surface area contributed by atoms with Crippen LogP contribution in [0.15, 0.2) is 24.3 Å². The van der Waals surface area contributed by atoms with Gasteiger partial charge in [0.25, 0.3) is 0 Å². The number of likely N-dealkylation sites (tertiary alicyclic amines) is 2. The van der Waals surface area contributed by atoms with Crippen LogP contribution in [0.2, 0.25) is 0 Å². The molecule has 2 aliphatic heterocycles. The molecule has 2 heterocycles. The number of aliphatic carboxylic acids is 1. The summed E-state index contributed by atoms with van der Waals surface area (Å²) in [6.07, 6.45) is 4.21. The summed E-state index contributed by atoms with van der Waals surface area (Å²) in [6.45, 7) is 15.7. The van der Waals surface area contributed by atoms with Gasteiger partial charge in [0.05, 0.1) is 47.9 Å². The molecule has 1 N–H and O–H groups in total. The van der Waals surface area contributed by atoms with E-state index in [4.69, 9.17) is 9.47 Å². The first-order valence-corrected chi connectivity index (χ1v) is 28.0. The van der Waals surface area contributed by atoms with Crippen molar-refractivity contribution in [1.29, 1.82) is 0 Å². The minimum atomic E-state index is -1.20. The monoisotopic (exact) mass is 1040 g/mol. The average Bonchev–Trinajstić information content (AvgIpc) is 3.92. The van der Waals surface area contributed by atoms with Crippen LogP contribution in [-0.4, -0.2) is 154 Å². The number of amides is 5. The Morgan fingerprint density at radius 2 is 1.53 bits per heavy atom. The van der Waals surface area contributed by atoms with Gasteiger partial charge in [-0.1, -0.05) is 92.9 Å². The second-order valence-electron chi connectivity index (χ2n) is 21.8. The Morgan fingerprint density at radius 3 is 2.12 bits per heavy atom. The van der Waals surface area contributed by atoms with Crippen LogP contribution in [0.25, 0.3) is 0 Å². The molecule has 4 rings (SSSR count). The number of carboxylic acid groups (broad SMARTS) is 1. The molecule has 0 spiro atoms. The first-order valence-electron chi connectivity index (χ1n) is 26.9. The molecule has 0 aromatic heterocycles. The van der Waals surface area contributed by atoms with Gasteiger partial charge in [0.15, 0.2) is 5.78 Å². The number of ketones is 2. The van der Waals surface area contributed by atoms with Crippen molar-refractivity contribution in [3.63, 3.8) is 0 Å². The third-order valence-electron chi connectivity index (χ3n) is 16.0. The predicted octanol–water partition coefficient (Wildman–Crippen LogP) is 7.88. The van der Waals surface area contributed by atoms with Gasteiger partial charge in [-0.2, -0.15) is 0 Å². The molecule has 5 amide bonds. The first kappa shape index (κ1) is 61.3. The summed E-state index contributed by atoms with van der Waals surface area (Å²) in [5.74, 6) is -5.40. The topological polar surface area (TPSA) is 188 Å². The Bertz CT molecular complexity index is 2070. The number of thioether (sulfide) groups is 1. The number of nitrogens with zero attached hydrogens (tertiary/aromatic N) is 4. The molecule has 0 bridgehead atoms. The van der Waals surface area contributed by atoms with E-state index in [1.54, 1.807) is 43.7 Å². The fourth-order valence-corrected chi connectivity index (χ4v) is 12.6. The van der Waals surface area contributed by atoms with Crippen molar-refractivity contribution < 1.29 is 57.3 Å². The van der Waals surface area contributed by atoms with Crippen molar-refractivity contribution in [3.8, 4) is 0 Å². The summed E-state index contributed by atoms with van der Waals surface area (Å²) in [5, 5.41) is 9.72. The Kier molecular flexibility index (Phi) is 24.0. The van der Waals surface area contributed by atoms with Gasteiger partial charge in [0, 0.05) is 78.4 Å². The van der Waals surface area contributed by atoms with Gasteiger partial charge >= 0.3 is 5.97 Å². The first-order chi connectivity index (χ1) is 34.5. The number of methoxy groups -OCH3 is 2. The van der Waals surface area contributed by atoms with E-state index in [-0.39, 0.29) is 120 Å². The quantitative estimate of drug-likeness (QED) is 0.0531. The largest absolute Gasteiger partial charge is 0.481 e. The molecule has 0 radical (unpaired) electrons. The maximum absolute atomic E-state index is 14.8. The number of fused-ring (bicyclic) bond motifs is 1. The summed E-state index contributed by atoms with van der Waals surface area (Å²) >= 11 is 1.55. The number of Topliss-reactive ketones (excluding diaryl/α,β-unsaturated/α-hetero) is 2. The van der Waals surface area contributed by atoms with Crippen LogP contribution in [0.1, 0.15) is 144 Å². The smallest absolute Gasteiger partial charge is 0.307 e. The molecule has 73 heavy (non-hydrogen) atoms. The Labute approximate surface area is 438 Å². The highest BCUT2D eigenvalue weighted by atomic mass is 32.2. The molecule has 410 valence electrons. The van der Waals surface area contributed by atoms with Crippen molar-refractivity contribution in [2.24, 2.45) is 41.4 Å². The van der Waals surface area contributed by atoms with Crippen LogP contribution >= 0.6 is 11.8 Å². The molecule has 1 aromatic rings. The summed E-state index contributed by atoms with van der Waals surface area (Å²) in [5.41, 5.74) is 0.214. The van der Waals surface area contributed by atoms with Crippen molar-refractivity contribution >= 4 is 58.8 Å². The third kappa shape index (κ3) is 15.9. The van der Waals surface area contributed by atoms with E-state index in [1.807, 2.05) is 46.4 Å². The number of unbranched alkanes of at least 4 members (excludes halogenated alkanes) is 3. The second-order valence-corrected chi connectivity index (χ2v) is 23.1. The summed E-state index contributed by atoms with van der Waals surface area (Å²) < 4.78 is 26.6. The van der Waals surface area contributed by atoms with Crippen LogP contribution < -0.4 is 0 Å². The summed E-state index contributed by atoms with van der Waals surface area (Å²) in [7, 11) is 6.34. The number of carbonyl (C=O) groups excluding carboxylic acids is 7. The lowest BCUT2D eigenvalue weighted by Crippen LogP contribution is -2.55. The Balaban J connectivity index is 1.40. The summed E-state index contributed by atoms with van der Waals surface area (Å²) in [6, 6.07) is 4.07. The molecule has 3 aliphatic rings. The fraction of sp³-hybridized carbons (Fsp3) is 0.750. The molecule has 1 unspecified atom stereocenters. The molecule has 3 fully saturated rings. The van der Waals surface area contributed by atoms with Crippen LogP contribution in [-0.2, 0) is 54.3 Å². The maximum atomic E-state index is 14.8. The van der Waals surface area contributed by atoms with E-state index in [2.05, 4.69) is 6.92 Å². The van der Waals surface area contributed by atoms with Crippen LogP contribution in [0.3, 0.4) is 0 Å². The second kappa shape index (κ2) is 28.6. The third-order valence-corrected chi connectivity index (χ3v) is 17.3. The number of ether oxygens (including phenoxy) is 2. The lowest BCUT2D eigenvalue weighted by Gasteiger charge is -2.41. The molecule has 17 heteroatoms. The molecule has 12 atom stereocenters. The number of likely N-dealkylation sites (N-methyl/N-ethyl adjacent to an activating group) is 2. The molecular weight excluding hydrogens is 956 g/mol. The molecule has 15 nitrogen and oxygen atoms in total. The van der Waals surface area contributed by atoms with Gasteiger partial charge in [-0.05, 0) is 79.6 Å². The standard InChI is InChI=1S/C56H87FN4O11S/c1-13-15-25-73-47-32-49(65)60(55(47)68)24-20-16-17-23-48(64)58(9)51(34(5)6)45(63)30-40(33(3)4)54(67)59(10)52(35(7)14-2)46(71-11)31-50(66)61-42-27-38(42)28-43(61)53(72-12)36(8)44(62)29-39(56(69)70)26-37-21-18-19-22-41(37)57/h18-19,21-22,33-36,38-40,42-43,46-47,51-53H,13-17,20,23-32H2,1-12H3,(H,69,70)/t35-,36-,38-,39+,40-,42-,43-,46+,47?,51-,52-,53+/m0/s1. The minimum Gasteiger partial charge on any atom is -0.481 e. The maximum Gasteiger partial charge on any atom is 0.307 e. The number of imide groups is 1. The van der Waals surface area contributed by atoms with Crippen LogP contribution in [0.4, 0.5) is 4.39 Å². The van der Waals surface area contributed by atoms with Crippen molar-refractivity contribution in [2.45, 2.75) is 187 Å². The fourth-order valence-electron chi connectivity index (χ4n) is 11.3. The molecule has 1 aromatic carbocycles. The number of carbonyl (C=O) groups is 8. The van der Waals surface area contributed by atoms with Crippen LogP contribution in [0, 0.1) is 47.2 Å². The predicted molar refractivity (Wildman–Crippen MR) is 280 cm³/mol. The lowest BCUT2D eigenvalue weighted by atomic mass is 9.83. The zero-order valence-corrected chi connectivity index (χ0v) is 46.6. The lowest BCUT2D eigenvalue weighted by molar-refractivity contribution is -0.150. The van der Waals surface area contributed by atoms with Crippen molar-refractivity contribution in [2.75, 3.05) is 40.6 Å². The van der Waals surface area contributed by atoms with Gasteiger partial charge < -0.3 is 29.3 Å². The highest BCUT2D eigenvalue weighted by molar-refractivity contribution is 8.00. The Hall–Kier alpha value is -4.22. The van der Waals surface area contributed by atoms with E-state index >= 15 is 0 Å². The minimum absolute atomic E-state index is 0.0504. The van der Waals surface area contributed by atoms with Crippen molar-refractivity contribution in [3.05, 3.63) is 35.6 Å². The van der Waals surface area contributed by atoms with Gasteiger partial charge in [-0.15, -0.1) is 11.8 Å². The number of carboxylic acids is 1. The van der Waals surface area contributed by atoms with Gasteiger partial charge in [-0.25, -0.2) is 4.39 Å². The van der Waals surface area contributed by atoms with E-state index in [0.29, 0.717) is 38.6 Å². The number of rotatable bonds is 33. The van der Waals surface area contributed by atoms with E-state index in [0.717, 1.165) is 25.0 Å². The van der Waals surface area contributed by atoms with E-state index < -0.39 is 59.9 Å². The normalized spacial score (nSPS) is 21.8. The molecule has 1 aliphatic carbocycles. The average molecular weight is 1040 g/mol. The van der Waals surface area contributed by atoms with E-state index in [9.17, 15) is 47.9 Å². The van der Waals surface area contributed by atoms with Gasteiger partial charge in [0.2, 0.25) is 29.5 Å². The Morgan fingerprint density at radius 1 is 0.849 bits per heavy atom. The number of benzene rings is 1. The SMILES string of the molecule is CCCCSC1CC(=O)N(CCCCCC(=O)N(C)[C@H](C(=O)C[C@H](C(=O)N(C)[C@@H]([C@@H](C)CC)[C@@H](CC(=O)N2[C@H]3C[C@H]3C[C@H]2[C@H](OC)[C@@H](C)C(=O)C[C@@H](Cc2ccccc2F)C(=O)O)OC)C(C)C)C(C)C)C1=O. The highest BCUT2D eigenvalue weighted by Crippen LogP contribution is 2.50. The molecular formula is C56H87FN4O11S. The number of halogens is 1. The highest BCUT2D eigenvalue weighted by Gasteiger charge is 2.57. The van der Waals surface area contributed by atoms with E-state index in [1.165, 1.54) is 42.2 Å². The number of piperidine rings is 1. The number of hydrogen-bond acceptors (Lipinski definition) is 11. The zero-order valence-electron chi connectivity index (χ0n) is 45.8. The molecule has 2 saturated heterocycles. The summed E-state index contributed by atoms with van der Waals surface area (Å²) in [4.78, 5) is 115. The number of hydrogen-bond donors (Lipinski definition) is 1. The van der Waals surface area contributed by atoms with Crippen molar-refractivity contribution in [1.82, 2.24) is 19.6 Å². The van der Waals surface area contributed by atoms with Gasteiger partial charge in [0.1, 0.15) is 11.6 Å². The zero-order chi connectivity index (χ0) is 54.4. The van der Waals surface area contributed by atoms with Crippen LogP contribution in [0.5, 0.6) is 0 Å². The van der Waals surface area contributed by atoms with Gasteiger partial charge in [-0.3, -0.25) is 43.3 Å². The molecule has 1 saturated carbocycles.